The number of phenols is 3. The summed E-state index contributed by atoms with van der Waals surface area (Å²) < 4.78 is 50.3. The Morgan fingerprint density at radius 1 is 0.617 bits per heavy atom. The minimum atomic E-state index is -2.61. The zero-order chi connectivity index (χ0) is 32.2. The number of ether oxygens (including phenoxy) is 9. The second kappa shape index (κ2) is 9.63. The van der Waals surface area contributed by atoms with Crippen molar-refractivity contribution in [2.45, 2.75) is 49.0 Å². The second-order valence-corrected chi connectivity index (χ2v) is 12.0. The van der Waals surface area contributed by atoms with Crippen LogP contribution in [0.5, 0.6) is 34.5 Å². The fourth-order valence-electron chi connectivity index (χ4n) is 6.89. The van der Waals surface area contributed by atoms with Crippen LogP contribution in [0.15, 0.2) is 36.4 Å². The molecule has 2 bridgehead atoms. The van der Waals surface area contributed by atoms with Crippen LogP contribution in [0, 0.1) is 0 Å². The first-order valence-electron chi connectivity index (χ1n) is 14.8. The van der Waals surface area contributed by atoms with Gasteiger partial charge in [0.15, 0.2) is 16.9 Å². The molecule has 4 unspecified atom stereocenters. The largest absolute Gasteiger partial charge is 0.520 e. The summed E-state index contributed by atoms with van der Waals surface area (Å²) in [5.74, 6) is -4.68. The number of rotatable bonds is 8. The lowest BCUT2D eigenvalue weighted by Crippen LogP contribution is -2.67. The number of hydrogen-bond acceptors (Lipinski definition) is 15. The highest BCUT2D eigenvalue weighted by Gasteiger charge is 2.75. The maximum absolute atomic E-state index is 13.5. The van der Waals surface area contributed by atoms with Gasteiger partial charge in [0.25, 0.3) is 0 Å². The minimum Gasteiger partial charge on any atom is -0.508 e. The van der Waals surface area contributed by atoms with Gasteiger partial charge < -0.3 is 58.0 Å². The fourth-order valence-corrected chi connectivity index (χ4v) is 6.89. The third kappa shape index (κ3) is 4.20. The van der Waals surface area contributed by atoms with Crippen LogP contribution in [0.4, 0.5) is 14.4 Å². The van der Waals surface area contributed by atoms with Gasteiger partial charge in [0, 0.05) is 36.0 Å². The van der Waals surface area contributed by atoms with Crippen molar-refractivity contribution >= 4 is 18.5 Å². The maximum Gasteiger partial charge on any atom is 0.520 e. The van der Waals surface area contributed by atoms with Gasteiger partial charge in [0.1, 0.15) is 11.5 Å². The molecular weight excluding hydrogens is 624 g/mol. The molecule has 6 aliphatic rings. The molecule has 1 spiro atoms. The number of fused-ring (bicyclic) bond motifs is 4. The van der Waals surface area contributed by atoms with E-state index < -0.39 is 53.2 Å². The first-order valence-corrected chi connectivity index (χ1v) is 14.8. The summed E-state index contributed by atoms with van der Waals surface area (Å²) in [5.41, 5.74) is -0.333. The standard InChI is InChI=1S/C32H24O15/c33-14-3-1-13(2-4-14)31(21-5-6-22(34)19(8-16-11-40-16)18(21)7-15-10-39-15)23-20(9-17-12-41-17)25-24(35)27(44-28(36)42-25)26(23)43-29(37)45-32(31)46-30(38)47-32/h1-6,15-17,33-35H,7-12H2. The number of carbonyl (C=O) groups is 3. The van der Waals surface area contributed by atoms with Crippen LogP contribution in [0.3, 0.4) is 0 Å². The maximum atomic E-state index is 13.5. The van der Waals surface area contributed by atoms with Crippen LogP contribution in [0.25, 0.3) is 0 Å². The highest BCUT2D eigenvalue weighted by Crippen LogP contribution is 2.65. The second-order valence-electron chi connectivity index (χ2n) is 12.0. The normalized spacial score (nSPS) is 27.1. The summed E-state index contributed by atoms with van der Waals surface area (Å²) in [7, 11) is 0. The van der Waals surface area contributed by atoms with Crippen molar-refractivity contribution in [1.82, 2.24) is 0 Å². The molecule has 15 nitrogen and oxygen atoms in total. The molecule has 0 amide bonds. The van der Waals surface area contributed by atoms with Gasteiger partial charge in [-0.05, 0) is 34.9 Å². The van der Waals surface area contributed by atoms with Crippen molar-refractivity contribution in [3.05, 3.63) is 69.8 Å². The highest BCUT2D eigenvalue weighted by molar-refractivity contribution is 5.86. The quantitative estimate of drug-likeness (QED) is 0.182. The van der Waals surface area contributed by atoms with Crippen molar-refractivity contribution in [1.29, 1.82) is 0 Å². The Hall–Kier alpha value is -5.25. The van der Waals surface area contributed by atoms with E-state index in [1.165, 1.54) is 30.3 Å². The van der Waals surface area contributed by atoms with Gasteiger partial charge in [-0.1, -0.05) is 18.2 Å². The van der Waals surface area contributed by atoms with E-state index in [1.807, 2.05) is 0 Å². The average molecular weight is 649 g/mol. The van der Waals surface area contributed by atoms with Gasteiger partial charge in [-0.2, -0.15) is 0 Å². The van der Waals surface area contributed by atoms with Crippen LogP contribution in [0.2, 0.25) is 0 Å². The number of phenolic OH excluding ortho intramolecular Hbond substituents is 3. The minimum absolute atomic E-state index is 0.0160. The van der Waals surface area contributed by atoms with Crippen molar-refractivity contribution in [3.8, 4) is 34.5 Å². The van der Waals surface area contributed by atoms with Gasteiger partial charge in [0.05, 0.1) is 38.1 Å². The molecule has 3 aromatic rings. The van der Waals surface area contributed by atoms with Gasteiger partial charge in [-0.3, -0.25) is 0 Å². The molecule has 0 aliphatic carbocycles. The smallest absolute Gasteiger partial charge is 0.508 e. The molecule has 6 aliphatic heterocycles. The molecule has 0 saturated carbocycles. The summed E-state index contributed by atoms with van der Waals surface area (Å²) in [6, 6.07) is 8.77. The van der Waals surface area contributed by atoms with E-state index in [-0.39, 0.29) is 59.0 Å². The SMILES string of the molecule is O=C1Oc2c(O)c(c3c(c2CC2CO2)C(c2ccc(O)cc2)(c2ccc(O)c(CC4CO4)c2CC2CO2)C2(OC(=O)O3)OC(=O)O2)O1. The van der Waals surface area contributed by atoms with Crippen molar-refractivity contribution in [2.75, 3.05) is 19.8 Å². The van der Waals surface area contributed by atoms with E-state index in [9.17, 15) is 29.7 Å². The molecule has 4 atom stereocenters. The number of aromatic hydroxyl groups is 3. The molecule has 242 valence electrons. The predicted octanol–water partition coefficient (Wildman–Crippen LogP) is 3.20. The number of epoxide rings is 3. The van der Waals surface area contributed by atoms with Crippen LogP contribution in [-0.2, 0) is 53.1 Å². The Morgan fingerprint density at radius 3 is 1.79 bits per heavy atom. The van der Waals surface area contributed by atoms with Crippen molar-refractivity contribution in [3.63, 3.8) is 0 Å². The number of benzene rings is 3. The van der Waals surface area contributed by atoms with Crippen LogP contribution in [0.1, 0.15) is 33.4 Å². The molecule has 3 aromatic carbocycles. The summed E-state index contributed by atoms with van der Waals surface area (Å²) in [5, 5.41) is 32.9. The first kappa shape index (κ1) is 28.0. The molecule has 4 saturated heterocycles. The summed E-state index contributed by atoms with van der Waals surface area (Å²) in [6.07, 6.45) is -4.04. The van der Waals surface area contributed by atoms with E-state index in [0.717, 1.165) is 0 Å². The molecule has 0 radical (unpaired) electrons. The van der Waals surface area contributed by atoms with Crippen molar-refractivity contribution < 1.29 is 72.3 Å². The van der Waals surface area contributed by atoms with Crippen molar-refractivity contribution in [2.24, 2.45) is 0 Å². The third-order valence-corrected chi connectivity index (χ3v) is 9.10. The van der Waals surface area contributed by atoms with Crippen LogP contribution < -0.4 is 14.2 Å². The Morgan fingerprint density at radius 2 is 1.17 bits per heavy atom. The Labute approximate surface area is 264 Å². The number of hydrogen-bond donors (Lipinski definition) is 3. The summed E-state index contributed by atoms with van der Waals surface area (Å²) in [6.45, 7) is 1.24. The molecular formula is C32H24O15. The van der Waals surface area contributed by atoms with Gasteiger partial charge >= 0.3 is 24.4 Å². The lowest BCUT2D eigenvalue weighted by Gasteiger charge is -2.50. The topological polar surface area (TPSA) is 205 Å². The lowest BCUT2D eigenvalue weighted by molar-refractivity contribution is -0.402. The molecule has 0 aromatic heterocycles. The third-order valence-electron chi connectivity index (χ3n) is 9.10. The van der Waals surface area contributed by atoms with Gasteiger partial charge in [-0.15, -0.1) is 0 Å². The average Bonchev–Trinajstić information content (AvgIpc) is 3.86. The monoisotopic (exact) mass is 648 g/mol. The van der Waals surface area contributed by atoms with Crippen LogP contribution >= 0.6 is 0 Å². The lowest BCUT2D eigenvalue weighted by atomic mass is 9.62. The fraction of sp³-hybridized carbons (Fsp3) is 0.344. The Balaban J connectivity index is 1.47. The van der Waals surface area contributed by atoms with Crippen LogP contribution in [-0.4, -0.2) is 77.9 Å². The van der Waals surface area contributed by atoms with E-state index in [2.05, 4.69) is 0 Å². The molecule has 6 heterocycles. The predicted molar refractivity (Wildman–Crippen MR) is 149 cm³/mol. The first-order chi connectivity index (χ1) is 22.7. The molecule has 9 rings (SSSR count). The zero-order valence-corrected chi connectivity index (χ0v) is 24.2. The Bertz CT molecular complexity index is 1880. The van der Waals surface area contributed by atoms with Gasteiger partial charge in [-0.25, -0.2) is 14.4 Å². The number of carbonyl (C=O) groups excluding carboxylic acids is 3. The van der Waals surface area contributed by atoms with E-state index in [4.69, 9.17) is 42.6 Å². The zero-order valence-electron chi connectivity index (χ0n) is 24.2. The highest BCUT2D eigenvalue weighted by atomic mass is 17.0. The van der Waals surface area contributed by atoms with E-state index in [1.54, 1.807) is 6.07 Å². The summed E-state index contributed by atoms with van der Waals surface area (Å²) in [4.78, 5) is 38.8. The Kier molecular flexibility index (Phi) is 5.74. The van der Waals surface area contributed by atoms with Gasteiger partial charge in [0.2, 0.25) is 11.5 Å². The molecule has 15 heteroatoms. The molecule has 47 heavy (non-hydrogen) atoms. The molecule has 3 N–H and O–H groups in total. The summed E-state index contributed by atoms with van der Waals surface area (Å²) >= 11 is 0. The van der Waals surface area contributed by atoms with E-state index in [0.29, 0.717) is 42.9 Å². The van der Waals surface area contributed by atoms with E-state index >= 15 is 0 Å². The molecule has 4 fully saturated rings.